The van der Waals surface area contributed by atoms with Crippen LogP contribution in [0.2, 0.25) is 5.02 Å². The molecule has 0 saturated carbocycles. The fraction of sp³-hybridized carbons (Fsp3) is 0.583. The van der Waals surface area contributed by atoms with E-state index in [9.17, 15) is 18.3 Å². The number of anilines is 1. The first-order chi connectivity index (χ1) is 16.6. The van der Waals surface area contributed by atoms with Gasteiger partial charge in [-0.15, -0.1) is 0 Å². The van der Waals surface area contributed by atoms with E-state index in [0.717, 1.165) is 19.4 Å². The number of piperidine rings is 1. The minimum Gasteiger partial charge on any atom is -0.386 e. The Morgan fingerprint density at radius 2 is 1.89 bits per heavy atom. The van der Waals surface area contributed by atoms with Gasteiger partial charge in [0.15, 0.2) is 0 Å². The second-order valence-electron chi connectivity index (χ2n) is 9.80. The lowest BCUT2D eigenvalue weighted by Gasteiger charge is -2.31. The molecular formula is C24H33ClN4O5S. The van der Waals surface area contributed by atoms with Crippen LogP contribution in [-0.4, -0.2) is 60.5 Å². The van der Waals surface area contributed by atoms with Gasteiger partial charge in [-0.25, -0.2) is 13.1 Å². The Balaban J connectivity index is 1.39. The van der Waals surface area contributed by atoms with Gasteiger partial charge in [-0.05, 0) is 63.1 Å². The lowest BCUT2D eigenvalue weighted by atomic mass is 9.99. The van der Waals surface area contributed by atoms with E-state index in [1.807, 2.05) is 0 Å². The Bertz CT molecular complexity index is 1180. The lowest BCUT2D eigenvalue weighted by Crippen LogP contribution is -2.41. The van der Waals surface area contributed by atoms with Crippen molar-refractivity contribution in [1.82, 2.24) is 14.1 Å². The van der Waals surface area contributed by atoms with Crippen molar-refractivity contribution in [3.8, 4) is 0 Å². The van der Waals surface area contributed by atoms with Crippen LogP contribution in [0.15, 0.2) is 40.2 Å². The number of rotatable bonds is 7. The van der Waals surface area contributed by atoms with Crippen molar-refractivity contribution in [2.24, 2.45) is 5.92 Å². The highest BCUT2D eigenvalue weighted by atomic mass is 35.5. The summed E-state index contributed by atoms with van der Waals surface area (Å²) in [6.45, 7) is 6.00. The van der Waals surface area contributed by atoms with Crippen molar-refractivity contribution < 1.29 is 18.3 Å². The number of sulfonamides is 1. The zero-order valence-electron chi connectivity index (χ0n) is 20.1. The number of hydrogen-bond acceptors (Lipinski definition) is 7. The predicted molar refractivity (Wildman–Crippen MR) is 134 cm³/mol. The van der Waals surface area contributed by atoms with Crippen LogP contribution in [0.25, 0.3) is 0 Å². The van der Waals surface area contributed by atoms with Crippen molar-refractivity contribution >= 4 is 27.3 Å². The zero-order chi connectivity index (χ0) is 25.2. The molecule has 2 aliphatic heterocycles. The van der Waals surface area contributed by atoms with E-state index in [0.29, 0.717) is 43.2 Å². The molecule has 11 heteroatoms. The van der Waals surface area contributed by atoms with Crippen LogP contribution < -0.4 is 10.9 Å². The van der Waals surface area contributed by atoms with E-state index in [2.05, 4.69) is 10.4 Å². The molecule has 0 aliphatic carbocycles. The monoisotopic (exact) mass is 524 g/mol. The van der Waals surface area contributed by atoms with Crippen molar-refractivity contribution in [3.05, 3.63) is 51.4 Å². The molecule has 2 fully saturated rings. The molecule has 1 atom stereocenters. The highest BCUT2D eigenvalue weighted by Crippen LogP contribution is 2.28. The van der Waals surface area contributed by atoms with Crippen LogP contribution >= 0.6 is 11.6 Å². The Labute approximate surface area is 211 Å². The maximum Gasteiger partial charge on any atom is 0.287 e. The second kappa shape index (κ2) is 10.6. The number of nitrogens with one attached hydrogen (secondary N) is 1. The van der Waals surface area contributed by atoms with Gasteiger partial charge in [-0.3, -0.25) is 4.79 Å². The molecule has 0 spiro atoms. The summed E-state index contributed by atoms with van der Waals surface area (Å²) in [6.07, 6.45) is 4.58. The van der Waals surface area contributed by atoms with Crippen molar-refractivity contribution in [3.63, 3.8) is 0 Å². The molecule has 0 radical (unpaired) electrons. The second-order valence-corrected chi connectivity index (χ2v) is 12.1. The molecule has 2 aromatic rings. The van der Waals surface area contributed by atoms with Gasteiger partial charge >= 0.3 is 0 Å². The third-order valence-corrected chi connectivity index (χ3v) is 9.03. The molecular weight excluding hydrogens is 492 g/mol. The summed E-state index contributed by atoms with van der Waals surface area (Å²) in [6, 6.07) is 6.06. The van der Waals surface area contributed by atoms with Crippen LogP contribution in [0.5, 0.6) is 0 Å². The predicted octanol–water partition coefficient (Wildman–Crippen LogP) is 2.99. The average molecular weight is 525 g/mol. The third-order valence-electron chi connectivity index (χ3n) is 6.75. The zero-order valence-corrected chi connectivity index (χ0v) is 21.7. The largest absolute Gasteiger partial charge is 0.386 e. The summed E-state index contributed by atoms with van der Waals surface area (Å²) in [5.41, 5.74) is -0.270. The number of halogens is 1. The number of nitrogens with zero attached hydrogens (tertiary/aromatic N) is 3. The molecule has 4 rings (SSSR count). The number of aliphatic hydroxyl groups is 1. The Kier molecular flexibility index (Phi) is 7.87. The fourth-order valence-electron chi connectivity index (χ4n) is 4.56. The summed E-state index contributed by atoms with van der Waals surface area (Å²) in [5, 5.41) is 17.8. The van der Waals surface area contributed by atoms with E-state index in [-0.39, 0.29) is 34.6 Å². The van der Waals surface area contributed by atoms with Gasteiger partial charge in [0.1, 0.15) is 5.02 Å². The number of ether oxygens (including phenoxy) is 1. The van der Waals surface area contributed by atoms with Crippen LogP contribution in [0.1, 0.15) is 51.1 Å². The molecule has 0 unspecified atom stereocenters. The first-order valence-corrected chi connectivity index (χ1v) is 13.8. The summed E-state index contributed by atoms with van der Waals surface area (Å²) < 4.78 is 34.5. The first-order valence-electron chi connectivity index (χ1n) is 12.0. The highest BCUT2D eigenvalue weighted by molar-refractivity contribution is 7.89. The number of benzene rings is 1. The first kappa shape index (κ1) is 26.1. The van der Waals surface area contributed by atoms with E-state index >= 15 is 0 Å². The lowest BCUT2D eigenvalue weighted by molar-refractivity contribution is 0.0595. The fourth-order valence-corrected chi connectivity index (χ4v) is 6.23. The van der Waals surface area contributed by atoms with Gasteiger partial charge in [-0.1, -0.05) is 23.7 Å². The van der Waals surface area contributed by atoms with Crippen molar-refractivity contribution in [2.45, 2.75) is 56.1 Å². The van der Waals surface area contributed by atoms with Crippen molar-refractivity contribution in [2.75, 3.05) is 38.2 Å². The third kappa shape index (κ3) is 5.89. The smallest absolute Gasteiger partial charge is 0.287 e. The van der Waals surface area contributed by atoms with E-state index in [1.165, 1.54) is 21.1 Å². The molecule has 3 heterocycles. The molecule has 192 valence electrons. The molecule has 0 bridgehead atoms. The topological polar surface area (TPSA) is 114 Å². The Hall–Kier alpha value is -1.98. The van der Waals surface area contributed by atoms with Crippen molar-refractivity contribution in [1.29, 1.82) is 0 Å². The van der Waals surface area contributed by atoms with Crippen LogP contribution in [-0.2, 0) is 20.4 Å². The molecule has 2 saturated heterocycles. The molecule has 1 aromatic heterocycles. The maximum absolute atomic E-state index is 13.1. The molecule has 2 aliphatic rings. The summed E-state index contributed by atoms with van der Waals surface area (Å²) in [4.78, 5) is 13.1. The molecule has 9 nitrogen and oxygen atoms in total. The minimum atomic E-state index is -3.68. The minimum absolute atomic E-state index is 0.0960. The van der Waals surface area contributed by atoms with Gasteiger partial charge in [-0.2, -0.15) is 9.40 Å². The molecule has 1 aromatic carbocycles. The van der Waals surface area contributed by atoms with Gasteiger partial charge in [0, 0.05) is 26.2 Å². The van der Waals surface area contributed by atoms with Gasteiger partial charge in [0.2, 0.25) is 10.0 Å². The average Bonchev–Trinajstić information content (AvgIpc) is 2.85. The Morgan fingerprint density at radius 3 is 2.49 bits per heavy atom. The molecule has 35 heavy (non-hydrogen) atoms. The number of aromatic nitrogens is 2. The summed E-state index contributed by atoms with van der Waals surface area (Å²) in [7, 11) is -3.68. The number of hydrogen-bond donors (Lipinski definition) is 2. The Morgan fingerprint density at radius 1 is 1.20 bits per heavy atom. The highest BCUT2D eigenvalue weighted by Gasteiger charge is 2.31. The van der Waals surface area contributed by atoms with E-state index in [1.54, 1.807) is 32.2 Å². The maximum atomic E-state index is 13.1. The van der Waals surface area contributed by atoms with Gasteiger partial charge in [0.05, 0.1) is 35.0 Å². The standard InChI is InChI=1S/C24H33ClN4O5S/c1-24(2,31)18-5-7-20(8-6-18)35(32,33)28-11-9-19(10-12-28)29-23(30)22(25)21(15-27-29)26-14-17-4-3-13-34-16-17/h5-8,15,17,19,26,31H,3-4,9-14,16H2,1-2H3/t17-/m1/s1. The van der Waals surface area contributed by atoms with E-state index < -0.39 is 15.6 Å². The summed E-state index contributed by atoms with van der Waals surface area (Å²) >= 11 is 6.37. The quantitative estimate of drug-likeness (QED) is 0.572. The van der Waals surface area contributed by atoms with Crippen LogP contribution in [0.4, 0.5) is 5.69 Å². The van der Waals surface area contributed by atoms with Gasteiger partial charge in [0.25, 0.3) is 5.56 Å². The normalized spacial score (nSPS) is 20.6. The van der Waals surface area contributed by atoms with Crippen LogP contribution in [0.3, 0.4) is 0 Å². The van der Waals surface area contributed by atoms with Crippen LogP contribution in [0, 0.1) is 5.92 Å². The summed E-state index contributed by atoms with van der Waals surface area (Å²) in [5.74, 6) is 0.375. The molecule has 2 N–H and O–H groups in total. The van der Waals surface area contributed by atoms with E-state index in [4.69, 9.17) is 16.3 Å². The molecule has 0 amide bonds. The SMILES string of the molecule is CC(C)(O)c1ccc(S(=O)(=O)N2CCC(n3ncc(NC[C@H]4CCCOC4)c(Cl)c3=O)CC2)cc1. The van der Waals surface area contributed by atoms with Gasteiger partial charge < -0.3 is 15.2 Å².